The van der Waals surface area contributed by atoms with E-state index < -0.39 is 5.82 Å². The van der Waals surface area contributed by atoms with Gasteiger partial charge in [0.2, 0.25) is 0 Å². The van der Waals surface area contributed by atoms with Gasteiger partial charge in [-0.15, -0.1) is 0 Å². The Labute approximate surface area is 128 Å². The van der Waals surface area contributed by atoms with Gasteiger partial charge >= 0.3 is 0 Å². The molecule has 2 nitrogen and oxygen atoms in total. The van der Waals surface area contributed by atoms with Crippen LogP contribution < -0.4 is 5.32 Å². The van der Waals surface area contributed by atoms with Crippen molar-refractivity contribution in [2.75, 3.05) is 0 Å². The highest BCUT2D eigenvalue weighted by molar-refractivity contribution is 6.31. The van der Waals surface area contributed by atoms with Gasteiger partial charge in [0.1, 0.15) is 11.6 Å². The minimum absolute atomic E-state index is 0.121. The van der Waals surface area contributed by atoms with E-state index in [1.54, 1.807) is 18.2 Å². The highest BCUT2D eigenvalue weighted by atomic mass is 35.5. The standard InChI is InChI=1S/C16H17ClF2N2/c1-10(2)21-15(14-7-6-12(18)9-20-14)8-11-4-3-5-13(19)16(11)17/h3-7,9-10,15,21H,8H2,1-2H3. The van der Waals surface area contributed by atoms with E-state index in [4.69, 9.17) is 11.6 Å². The van der Waals surface area contributed by atoms with Gasteiger partial charge in [-0.1, -0.05) is 37.6 Å². The van der Waals surface area contributed by atoms with E-state index in [2.05, 4.69) is 10.3 Å². The molecule has 1 atom stereocenters. The Kier molecular flexibility index (Phi) is 5.26. The fraction of sp³-hybridized carbons (Fsp3) is 0.312. The molecular weight excluding hydrogens is 294 g/mol. The first-order valence-electron chi connectivity index (χ1n) is 6.77. The minimum Gasteiger partial charge on any atom is -0.306 e. The third-order valence-corrected chi connectivity index (χ3v) is 3.52. The van der Waals surface area contributed by atoms with Crippen LogP contribution in [-0.2, 0) is 6.42 Å². The molecule has 0 bridgehead atoms. The highest BCUT2D eigenvalue weighted by Gasteiger charge is 2.17. The van der Waals surface area contributed by atoms with Crippen molar-refractivity contribution in [2.45, 2.75) is 32.4 Å². The molecule has 1 N–H and O–H groups in total. The Morgan fingerprint density at radius 2 is 1.95 bits per heavy atom. The summed E-state index contributed by atoms with van der Waals surface area (Å²) in [6, 6.07) is 7.77. The smallest absolute Gasteiger partial charge is 0.142 e. The van der Waals surface area contributed by atoms with Gasteiger partial charge in [0.25, 0.3) is 0 Å². The molecule has 2 rings (SSSR count). The van der Waals surface area contributed by atoms with Crippen molar-refractivity contribution in [3.05, 3.63) is 64.4 Å². The SMILES string of the molecule is CC(C)NC(Cc1cccc(F)c1Cl)c1ccc(F)cn1. The van der Waals surface area contributed by atoms with E-state index in [1.165, 1.54) is 18.3 Å². The van der Waals surface area contributed by atoms with Crippen LogP contribution in [0.4, 0.5) is 8.78 Å². The zero-order valence-electron chi connectivity index (χ0n) is 11.9. The average molecular weight is 311 g/mol. The number of hydrogen-bond acceptors (Lipinski definition) is 2. The van der Waals surface area contributed by atoms with Gasteiger partial charge in [-0.3, -0.25) is 4.98 Å². The molecule has 0 spiro atoms. The number of pyridine rings is 1. The van der Waals surface area contributed by atoms with Crippen LogP contribution in [0, 0.1) is 11.6 Å². The summed E-state index contributed by atoms with van der Waals surface area (Å²) in [5, 5.41) is 3.47. The summed E-state index contributed by atoms with van der Waals surface area (Å²) in [7, 11) is 0. The zero-order valence-corrected chi connectivity index (χ0v) is 12.7. The van der Waals surface area contributed by atoms with Gasteiger partial charge in [0.15, 0.2) is 0 Å². The molecule has 0 amide bonds. The molecule has 0 aliphatic heterocycles. The van der Waals surface area contributed by atoms with Crippen LogP contribution in [0.1, 0.15) is 31.1 Å². The van der Waals surface area contributed by atoms with Gasteiger partial charge in [-0.25, -0.2) is 8.78 Å². The molecule has 0 fully saturated rings. The summed E-state index contributed by atoms with van der Waals surface area (Å²) in [6.45, 7) is 4.01. The van der Waals surface area contributed by atoms with Crippen molar-refractivity contribution >= 4 is 11.6 Å². The summed E-state index contributed by atoms with van der Waals surface area (Å²) in [6.07, 6.45) is 1.66. The van der Waals surface area contributed by atoms with Crippen LogP contribution in [0.2, 0.25) is 5.02 Å². The maximum absolute atomic E-state index is 13.5. The van der Waals surface area contributed by atoms with Gasteiger partial charge in [0, 0.05) is 6.04 Å². The molecule has 0 saturated carbocycles. The summed E-state index contributed by atoms with van der Waals surface area (Å²) in [5.41, 5.74) is 1.39. The number of nitrogens with one attached hydrogen (secondary N) is 1. The molecule has 0 aliphatic carbocycles. The van der Waals surface area contributed by atoms with Gasteiger partial charge < -0.3 is 5.32 Å². The Morgan fingerprint density at radius 3 is 2.57 bits per heavy atom. The predicted molar refractivity (Wildman–Crippen MR) is 80.3 cm³/mol. The van der Waals surface area contributed by atoms with Crippen molar-refractivity contribution in [1.29, 1.82) is 0 Å². The largest absolute Gasteiger partial charge is 0.306 e. The average Bonchev–Trinajstić information content (AvgIpc) is 2.43. The van der Waals surface area contributed by atoms with Crippen LogP contribution >= 0.6 is 11.6 Å². The van der Waals surface area contributed by atoms with Crippen LogP contribution in [0.25, 0.3) is 0 Å². The van der Waals surface area contributed by atoms with Crippen LogP contribution in [0.15, 0.2) is 36.5 Å². The fourth-order valence-electron chi connectivity index (χ4n) is 2.17. The number of hydrogen-bond donors (Lipinski definition) is 1. The minimum atomic E-state index is -0.440. The molecule has 5 heteroatoms. The predicted octanol–water partition coefficient (Wildman–Crippen LogP) is 4.30. The van der Waals surface area contributed by atoms with Crippen LogP contribution in [0.3, 0.4) is 0 Å². The van der Waals surface area contributed by atoms with E-state index >= 15 is 0 Å². The normalized spacial score (nSPS) is 12.7. The topological polar surface area (TPSA) is 24.9 Å². The fourth-order valence-corrected chi connectivity index (χ4v) is 2.37. The van der Waals surface area contributed by atoms with Crippen molar-refractivity contribution in [1.82, 2.24) is 10.3 Å². The molecular formula is C16H17ClF2N2. The van der Waals surface area contributed by atoms with E-state index in [9.17, 15) is 8.78 Å². The maximum atomic E-state index is 13.5. The summed E-state index contributed by atoms with van der Waals surface area (Å²) in [5.74, 6) is -0.824. The van der Waals surface area contributed by atoms with E-state index in [0.29, 0.717) is 17.7 Å². The molecule has 21 heavy (non-hydrogen) atoms. The van der Waals surface area contributed by atoms with Gasteiger partial charge in [-0.05, 0) is 30.2 Å². The molecule has 1 heterocycles. The molecule has 2 aromatic rings. The van der Waals surface area contributed by atoms with Crippen LogP contribution in [0.5, 0.6) is 0 Å². The Balaban J connectivity index is 2.28. The zero-order chi connectivity index (χ0) is 15.4. The maximum Gasteiger partial charge on any atom is 0.142 e. The third kappa shape index (κ3) is 4.22. The number of rotatable bonds is 5. The van der Waals surface area contributed by atoms with Crippen molar-refractivity contribution in [3.63, 3.8) is 0 Å². The second-order valence-corrected chi connectivity index (χ2v) is 5.57. The Bertz CT molecular complexity index is 600. The first-order chi connectivity index (χ1) is 9.97. The first-order valence-corrected chi connectivity index (χ1v) is 7.15. The lowest BCUT2D eigenvalue weighted by molar-refractivity contribution is 0.463. The first kappa shape index (κ1) is 15.9. The van der Waals surface area contributed by atoms with E-state index in [0.717, 1.165) is 0 Å². The second kappa shape index (κ2) is 6.96. The monoisotopic (exact) mass is 310 g/mol. The van der Waals surface area contributed by atoms with Crippen LogP contribution in [-0.4, -0.2) is 11.0 Å². The van der Waals surface area contributed by atoms with Gasteiger partial charge in [0.05, 0.1) is 23.0 Å². The number of aromatic nitrogens is 1. The molecule has 1 aromatic carbocycles. The summed E-state index contributed by atoms with van der Waals surface area (Å²) < 4.78 is 26.5. The van der Waals surface area contributed by atoms with E-state index in [1.807, 2.05) is 13.8 Å². The molecule has 112 valence electrons. The van der Waals surface area contributed by atoms with Crippen molar-refractivity contribution < 1.29 is 8.78 Å². The van der Waals surface area contributed by atoms with Gasteiger partial charge in [-0.2, -0.15) is 0 Å². The second-order valence-electron chi connectivity index (χ2n) is 5.19. The quantitative estimate of drug-likeness (QED) is 0.891. The molecule has 1 aromatic heterocycles. The lowest BCUT2D eigenvalue weighted by atomic mass is 10.0. The van der Waals surface area contributed by atoms with E-state index in [-0.39, 0.29) is 22.9 Å². The molecule has 1 unspecified atom stereocenters. The number of benzene rings is 1. The third-order valence-electron chi connectivity index (χ3n) is 3.10. The van der Waals surface area contributed by atoms with Crippen molar-refractivity contribution in [3.8, 4) is 0 Å². The highest BCUT2D eigenvalue weighted by Crippen LogP contribution is 2.25. The number of nitrogens with zero attached hydrogens (tertiary/aromatic N) is 1. The number of halogens is 3. The lowest BCUT2D eigenvalue weighted by Crippen LogP contribution is -2.30. The molecule has 0 radical (unpaired) electrons. The summed E-state index contributed by atoms with van der Waals surface area (Å²) in [4.78, 5) is 4.11. The lowest BCUT2D eigenvalue weighted by Gasteiger charge is -2.21. The Hall–Kier alpha value is -1.52. The molecule has 0 aliphatic rings. The summed E-state index contributed by atoms with van der Waals surface area (Å²) >= 11 is 6.00. The Morgan fingerprint density at radius 1 is 1.19 bits per heavy atom. The van der Waals surface area contributed by atoms with Crippen molar-refractivity contribution in [2.24, 2.45) is 0 Å². The molecule has 0 saturated heterocycles.